The maximum Gasteiger partial charge on any atom is 0.257 e. The van der Waals surface area contributed by atoms with Crippen LogP contribution in [0.5, 0.6) is 0 Å². The van der Waals surface area contributed by atoms with Crippen LogP contribution in [-0.2, 0) is 6.54 Å². The Morgan fingerprint density at radius 3 is 2.71 bits per heavy atom. The molecule has 1 amide bonds. The van der Waals surface area contributed by atoms with Gasteiger partial charge in [0.2, 0.25) is 0 Å². The van der Waals surface area contributed by atoms with Crippen molar-refractivity contribution in [3.05, 3.63) is 54.1 Å². The molecule has 0 saturated heterocycles. The van der Waals surface area contributed by atoms with E-state index < -0.39 is 37.2 Å². The smallest absolute Gasteiger partial charge is 0.257 e. The normalized spacial score (nSPS) is 12.8. The molecule has 0 aliphatic heterocycles. The van der Waals surface area contributed by atoms with Gasteiger partial charge >= 0.3 is 0 Å². The molecular formula is C23H23F3N6O2S. The molecule has 1 aromatic carbocycles. The third kappa shape index (κ3) is 5.77. The molecule has 0 aliphatic carbocycles. The Labute approximate surface area is 202 Å². The molecule has 0 radical (unpaired) electrons. The minimum absolute atomic E-state index is 0.114. The number of hydrogen-bond donors (Lipinski definition) is 3. The third-order valence-corrected chi connectivity index (χ3v) is 6.09. The Bertz CT molecular complexity index is 1320. The van der Waals surface area contributed by atoms with Gasteiger partial charge in [-0.05, 0) is 31.5 Å². The molecule has 3 heterocycles. The quantitative estimate of drug-likeness (QED) is 0.312. The monoisotopic (exact) mass is 504 g/mol. The van der Waals surface area contributed by atoms with Gasteiger partial charge in [0.05, 0.1) is 51.2 Å². The summed E-state index contributed by atoms with van der Waals surface area (Å²) in [6.45, 7) is 1.64. The van der Waals surface area contributed by atoms with E-state index in [4.69, 9.17) is 0 Å². The fraction of sp³-hybridized carbons (Fsp3) is 0.304. The number of nitrogens with one attached hydrogen (secondary N) is 2. The number of aromatic nitrogens is 4. The van der Waals surface area contributed by atoms with Crippen molar-refractivity contribution in [1.29, 1.82) is 0 Å². The standard InChI is InChI=1S/C23H23F3N6O2S/c1-23(2,34)19(24)9-29-22(33)16-7-28-17-4-3-13(18-8-27-12-35-18)5-15(17)21(16)31-14-6-30-32(10-14)11-20(25)26/h3-8,10,12,19-20,34H,9,11H2,1-2H3,(H,28,31)(H,29,33)/t19-/m1/s1. The van der Waals surface area contributed by atoms with Gasteiger partial charge in [-0.2, -0.15) is 5.10 Å². The summed E-state index contributed by atoms with van der Waals surface area (Å²) < 4.78 is 40.8. The van der Waals surface area contributed by atoms with E-state index in [-0.39, 0.29) is 5.56 Å². The molecule has 0 spiro atoms. The average molecular weight is 505 g/mol. The van der Waals surface area contributed by atoms with E-state index in [0.717, 1.165) is 15.1 Å². The Morgan fingerprint density at radius 1 is 1.23 bits per heavy atom. The number of fused-ring (bicyclic) bond motifs is 1. The number of amides is 1. The minimum Gasteiger partial charge on any atom is -0.387 e. The minimum atomic E-state index is -2.57. The fourth-order valence-electron chi connectivity index (χ4n) is 3.35. The number of hydrogen-bond acceptors (Lipinski definition) is 7. The average Bonchev–Trinajstić information content (AvgIpc) is 3.48. The third-order valence-electron chi connectivity index (χ3n) is 5.27. The Hall–Kier alpha value is -3.51. The van der Waals surface area contributed by atoms with Crippen LogP contribution in [-0.4, -0.2) is 55.5 Å². The molecule has 184 valence electrons. The van der Waals surface area contributed by atoms with Crippen molar-refractivity contribution < 1.29 is 23.1 Å². The summed E-state index contributed by atoms with van der Waals surface area (Å²) in [4.78, 5) is 22.4. The summed E-state index contributed by atoms with van der Waals surface area (Å²) in [6, 6.07) is 5.51. The Balaban J connectivity index is 1.74. The highest BCUT2D eigenvalue weighted by molar-refractivity contribution is 7.13. The molecule has 0 bridgehead atoms. The van der Waals surface area contributed by atoms with Gasteiger partial charge in [0.25, 0.3) is 12.3 Å². The van der Waals surface area contributed by atoms with Crippen LogP contribution >= 0.6 is 11.3 Å². The number of aliphatic hydroxyl groups is 1. The first-order valence-electron chi connectivity index (χ1n) is 10.7. The number of halogens is 3. The number of thiazole rings is 1. The molecule has 4 aromatic rings. The van der Waals surface area contributed by atoms with Gasteiger partial charge in [-0.3, -0.25) is 19.4 Å². The number of rotatable bonds is 9. The highest BCUT2D eigenvalue weighted by atomic mass is 32.1. The van der Waals surface area contributed by atoms with Crippen molar-refractivity contribution in [3.8, 4) is 10.4 Å². The lowest BCUT2D eigenvalue weighted by Gasteiger charge is -2.22. The van der Waals surface area contributed by atoms with Crippen LogP contribution in [0.2, 0.25) is 0 Å². The molecule has 35 heavy (non-hydrogen) atoms. The molecule has 12 heteroatoms. The van der Waals surface area contributed by atoms with Crippen molar-refractivity contribution in [3.63, 3.8) is 0 Å². The van der Waals surface area contributed by atoms with Crippen molar-refractivity contribution in [1.82, 2.24) is 25.1 Å². The van der Waals surface area contributed by atoms with Crippen molar-refractivity contribution >= 4 is 39.5 Å². The summed E-state index contributed by atoms with van der Waals surface area (Å²) in [6.07, 6.45) is 1.58. The number of nitrogens with zero attached hydrogens (tertiary/aromatic N) is 4. The van der Waals surface area contributed by atoms with Crippen LogP contribution in [0.15, 0.2) is 48.5 Å². The highest BCUT2D eigenvalue weighted by Crippen LogP contribution is 2.33. The fourth-order valence-corrected chi connectivity index (χ4v) is 3.97. The molecule has 3 N–H and O–H groups in total. The maximum atomic E-state index is 14.2. The summed E-state index contributed by atoms with van der Waals surface area (Å²) in [5, 5.41) is 19.9. The summed E-state index contributed by atoms with van der Waals surface area (Å²) in [7, 11) is 0. The summed E-state index contributed by atoms with van der Waals surface area (Å²) in [5.74, 6) is -0.614. The molecule has 8 nitrogen and oxygen atoms in total. The van der Waals surface area contributed by atoms with E-state index in [0.29, 0.717) is 22.3 Å². The number of carbonyl (C=O) groups is 1. The van der Waals surface area contributed by atoms with Gasteiger partial charge in [-0.1, -0.05) is 6.07 Å². The SMILES string of the molecule is CC(C)(O)[C@H](F)CNC(=O)c1cnc2ccc(-c3cncs3)cc2c1Nc1cnn(CC(F)F)c1. The van der Waals surface area contributed by atoms with E-state index in [2.05, 4.69) is 25.7 Å². The van der Waals surface area contributed by atoms with Crippen LogP contribution in [0.25, 0.3) is 21.3 Å². The predicted octanol–water partition coefficient (Wildman–Crippen LogP) is 4.40. The van der Waals surface area contributed by atoms with E-state index in [9.17, 15) is 23.1 Å². The molecule has 3 aromatic heterocycles. The molecule has 4 rings (SSSR count). The number of alkyl halides is 3. The first-order chi connectivity index (χ1) is 16.6. The van der Waals surface area contributed by atoms with Crippen LogP contribution in [0, 0.1) is 0 Å². The lowest BCUT2D eigenvalue weighted by molar-refractivity contribution is -0.00177. The zero-order valence-electron chi connectivity index (χ0n) is 18.9. The highest BCUT2D eigenvalue weighted by Gasteiger charge is 2.27. The first-order valence-corrected chi connectivity index (χ1v) is 11.5. The predicted molar refractivity (Wildman–Crippen MR) is 128 cm³/mol. The molecular weight excluding hydrogens is 481 g/mol. The number of benzene rings is 1. The number of carbonyl (C=O) groups excluding carboxylic acids is 1. The van der Waals surface area contributed by atoms with Gasteiger partial charge in [0, 0.05) is 24.0 Å². The molecule has 0 saturated carbocycles. The summed E-state index contributed by atoms with van der Waals surface area (Å²) >= 11 is 1.45. The lowest BCUT2D eigenvalue weighted by Crippen LogP contribution is -2.42. The maximum absolute atomic E-state index is 14.2. The van der Waals surface area contributed by atoms with Gasteiger partial charge in [-0.25, -0.2) is 13.2 Å². The zero-order chi connectivity index (χ0) is 25.2. The van der Waals surface area contributed by atoms with E-state index >= 15 is 0 Å². The second kappa shape index (κ2) is 10.0. The molecule has 0 aliphatic rings. The van der Waals surface area contributed by atoms with Crippen molar-refractivity contribution in [2.24, 2.45) is 0 Å². The topological polar surface area (TPSA) is 105 Å². The van der Waals surface area contributed by atoms with Gasteiger partial charge < -0.3 is 15.7 Å². The molecule has 1 atom stereocenters. The van der Waals surface area contributed by atoms with Gasteiger partial charge in [-0.15, -0.1) is 11.3 Å². The first kappa shape index (κ1) is 24.6. The van der Waals surface area contributed by atoms with E-state index in [1.54, 1.807) is 17.8 Å². The lowest BCUT2D eigenvalue weighted by atomic mass is 10.0. The number of anilines is 2. The van der Waals surface area contributed by atoms with E-state index in [1.165, 1.54) is 43.8 Å². The van der Waals surface area contributed by atoms with Gasteiger partial charge in [0.15, 0.2) is 0 Å². The Morgan fingerprint density at radius 2 is 2.03 bits per heavy atom. The zero-order valence-corrected chi connectivity index (χ0v) is 19.7. The van der Waals surface area contributed by atoms with Crippen LogP contribution < -0.4 is 10.6 Å². The van der Waals surface area contributed by atoms with Crippen LogP contribution in [0.1, 0.15) is 24.2 Å². The second-order valence-electron chi connectivity index (χ2n) is 8.44. The molecule has 0 fully saturated rings. The van der Waals surface area contributed by atoms with Crippen LogP contribution in [0.4, 0.5) is 24.5 Å². The second-order valence-corrected chi connectivity index (χ2v) is 9.33. The van der Waals surface area contributed by atoms with Crippen molar-refractivity contribution in [2.75, 3.05) is 11.9 Å². The van der Waals surface area contributed by atoms with Crippen LogP contribution in [0.3, 0.4) is 0 Å². The Kier molecular flexibility index (Phi) is 7.03. The molecule has 0 unspecified atom stereocenters. The van der Waals surface area contributed by atoms with E-state index in [1.807, 2.05) is 12.1 Å². The van der Waals surface area contributed by atoms with Crippen molar-refractivity contribution in [2.45, 2.75) is 38.6 Å². The largest absolute Gasteiger partial charge is 0.387 e. The number of pyridine rings is 1. The summed E-state index contributed by atoms with van der Waals surface area (Å²) in [5.41, 5.74) is 2.36. The van der Waals surface area contributed by atoms with Gasteiger partial charge in [0.1, 0.15) is 12.7 Å².